The highest BCUT2D eigenvalue weighted by molar-refractivity contribution is 6.27. The average Bonchev–Trinajstić information content (AvgIpc) is 2.05. The molecule has 0 fully saturated rings. The summed E-state index contributed by atoms with van der Waals surface area (Å²) in [5, 5.41) is 4.71. The van der Waals surface area contributed by atoms with Crippen LogP contribution in [0.4, 0.5) is 0 Å². The van der Waals surface area contributed by atoms with E-state index in [-0.39, 0.29) is 18.5 Å². The van der Waals surface area contributed by atoms with Crippen molar-refractivity contribution in [2.75, 3.05) is 6.67 Å². The summed E-state index contributed by atoms with van der Waals surface area (Å²) < 4.78 is 0. The third-order valence-electron chi connectivity index (χ3n) is 0.954. The van der Waals surface area contributed by atoms with Gasteiger partial charge in [-0.15, -0.1) is 0 Å². The molecule has 0 aromatic rings. The molecule has 0 heterocycles. The summed E-state index contributed by atoms with van der Waals surface area (Å²) in [5.41, 5.74) is 2.16. The Labute approximate surface area is 85.6 Å². The second-order valence-electron chi connectivity index (χ2n) is 1.84. The lowest BCUT2D eigenvalue weighted by Gasteiger charge is -2.01. The zero-order valence-corrected chi connectivity index (χ0v) is 8.10. The Morgan fingerprint density at radius 2 is 1.38 bits per heavy atom. The SMILES string of the molecule is O=C(C=CCl)NCNC(=O)C=CCl. The Morgan fingerprint density at radius 1 is 1.00 bits per heavy atom. The molecule has 0 unspecified atom stereocenters. The fourth-order valence-electron chi connectivity index (χ4n) is 0.451. The van der Waals surface area contributed by atoms with E-state index in [0.717, 1.165) is 23.2 Å². The van der Waals surface area contributed by atoms with E-state index >= 15 is 0 Å². The Hall–Kier alpha value is -1.00. The summed E-state index contributed by atoms with van der Waals surface area (Å²) in [6, 6.07) is 0. The average molecular weight is 223 g/mol. The molecule has 0 aliphatic rings. The van der Waals surface area contributed by atoms with Crippen LogP contribution in [0.25, 0.3) is 0 Å². The van der Waals surface area contributed by atoms with Crippen LogP contribution >= 0.6 is 23.2 Å². The normalized spacial score (nSPS) is 10.6. The first-order chi connectivity index (χ1) is 6.20. The predicted molar refractivity (Wildman–Crippen MR) is 51.1 cm³/mol. The molecule has 0 bridgehead atoms. The first-order valence-electron chi connectivity index (χ1n) is 3.30. The number of rotatable bonds is 4. The highest BCUT2D eigenvalue weighted by Crippen LogP contribution is 1.78. The lowest BCUT2D eigenvalue weighted by atomic mass is 10.5. The molecule has 6 heteroatoms. The largest absolute Gasteiger partial charge is 0.335 e. The molecule has 2 N–H and O–H groups in total. The molecule has 0 spiro atoms. The highest BCUT2D eigenvalue weighted by Gasteiger charge is 1.95. The monoisotopic (exact) mass is 222 g/mol. The maximum absolute atomic E-state index is 10.7. The van der Waals surface area contributed by atoms with E-state index in [1.54, 1.807) is 0 Å². The van der Waals surface area contributed by atoms with Gasteiger partial charge in [-0.1, -0.05) is 23.2 Å². The molecule has 13 heavy (non-hydrogen) atoms. The van der Waals surface area contributed by atoms with Gasteiger partial charge in [-0.2, -0.15) is 0 Å². The summed E-state index contributed by atoms with van der Waals surface area (Å²) in [6.07, 6.45) is 2.26. The molecule has 0 aliphatic carbocycles. The molecule has 72 valence electrons. The first kappa shape index (κ1) is 12.0. The van der Waals surface area contributed by atoms with Gasteiger partial charge in [0.15, 0.2) is 0 Å². The van der Waals surface area contributed by atoms with Crippen LogP contribution in [-0.2, 0) is 9.59 Å². The molecule has 0 atom stereocenters. The summed E-state index contributed by atoms with van der Waals surface area (Å²) in [5.74, 6) is -0.768. The molecular formula is C7H8Cl2N2O2. The maximum atomic E-state index is 10.7. The minimum atomic E-state index is -0.384. The van der Waals surface area contributed by atoms with Crippen LogP contribution in [0.3, 0.4) is 0 Å². The number of hydrogen-bond donors (Lipinski definition) is 2. The topological polar surface area (TPSA) is 58.2 Å². The number of nitrogens with one attached hydrogen (secondary N) is 2. The maximum Gasteiger partial charge on any atom is 0.246 e. The van der Waals surface area contributed by atoms with Crippen LogP contribution < -0.4 is 10.6 Å². The van der Waals surface area contributed by atoms with Gasteiger partial charge in [-0.25, -0.2) is 0 Å². The van der Waals surface area contributed by atoms with Crippen LogP contribution in [-0.4, -0.2) is 18.5 Å². The Kier molecular flexibility index (Phi) is 7.05. The molecule has 2 amide bonds. The molecule has 0 radical (unpaired) electrons. The van der Waals surface area contributed by atoms with Crippen molar-refractivity contribution in [1.29, 1.82) is 0 Å². The van der Waals surface area contributed by atoms with Crippen LogP contribution in [0.5, 0.6) is 0 Å². The van der Waals surface area contributed by atoms with Crippen molar-refractivity contribution < 1.29 is 9.59 Å². The van der Waals surface area contributed by atoms with Gasteiger partial charge in [0.25, 0.3) is 0 Å². The van der Waals surface area contributed by atoms with Crippen molar-refractivity contribution in [3.05, 3.63) is 23.2 Å². The van der Waals surface area contributed by atoms with Crippen molar-refractivity contribution in [2.45, 2.75) is 0 Å². The summed E-state index contributed by atoms with van der Waals surface area (Å²) in [6.45, 7) is 0.0279. The van der Waals surface area contributed by atoms with E-state index in [9.17, 15) is 9.59 Å². The van der Waals surface area contributed by atoms with Gasteiger partial charge in [0.1, 0.15) is 0 Å². The number of carbonyl (C=O) groups is 2. The molecule has 0 aromatic heterocycles. The van der Waals surface area contributed by atoms with Gasteiger partial charge in [0.2, 0.25) is 11.8 Å². The van der Waals surface area contributed by atoms with Gasteiger partial charge >= 0.3 is 0 Å². The number of halogens is 2. The van der Waals surface area contributed by atoms with Crippen molar-refractivity contribution >= 4 is 35.0 Å². The van der Waals surface area contributed by atoms with E-state index in [1.807, 2.05) is 0 Å². The minimum Gasteiger partial charge on any atom is -0.335 e. The molecule has 0 aromatic carbocycles. The van der Waals surface area contributed by atoms with Crippen LogP contribution in [0, 0.1) is 0 Å². The van der Waals surface area contributed by atoms with E-state index < -0.39 is 0 Å². The second-order valence-corrected chi connectivity index (χ2v) is 2.35. The van der Waals surface area contributed by atoms with E-state index in [4.69, 9.17) is 23.2 Å². The number of amides is 2. The number of hydrogen-bond acceptors (Lipinski definition) is 2. The molecular weight excluding hydrogens is 215 g/mol. The van der Waals surface area contributed by atoms with E-state index in [2.05, 4.69) is 10.6 Å². The van der Waals surface area contributed by atoms with Gasteiger partial charge < -0.3 is 10.6 Å². The van der Waals surface area contributed by atoms with Crippen molar-refractivity contribution in [1.82, 2.24) is 10.6 Å². The minimum absolute atomic E-state index is 0.0279. The van der Waals surface area contributed by atoms with Gasteiger partial charge in [-0.05, 0) is 0 Å². The predicted octanol–water partition coefficient (Wildman–Crippen LogP) is 0.681. The lowest BCUT2D eigenvalue weighted by Crippen LogP contribution is -2.35. The Morgan fingerprint density at radius 3 is 1.69 bits per heavy atom. The van der Waals surface area contributed by atoms with Crippen LogP contribution in [0.1, 0.15) is 0 Å². The van der Waals surface area contributed by atoms with Gasteiger partial charge in [0.05, 0.1) is 6.67 Å². The Balaban J connectivity index is 3.56. The van der Waals surface area contributed by atoms with Crippen LogP contribution in [0.15, 0.2) is 23.2 Å². The summed E-state index contributed by atoms with van der Waals surface area (Å²) >= 11 is 10.3. The molecule has 0 aliphatic heterocycles. The third-order valence-corrected chi connectivity index (χ3v) is 1.21. The third kappa shape index (κ3) is 7.36. The number of carbonyl (C=O) groups excluding carboxylic acids is 2. The lowest BCUT2D eigenvalue weighted by molar-refractivity contribution is -0.118. The van der Waals surface area contributed by atoms with Crippen LogP contribution in [0.2, 0.25) is 0 Å². The summed E-state index contributed by atoms with van der Waals surface area (Å²) in [7, 11) is 0. The van der Waals surface area contributed by atoms with Crippen molar-refractivity contribution in [2.24, 2.45) is 0 Å². The molecule has 4 nitrogen and oxygen atoms in total. The Bertz CT molecular complexity index is 215. The van der Waals surface area contributed by atoms with E-state index in [1.165, 1.54) is 0 Å². The van der Waals surface area contributed by atoms with Crippen molar-refractivity contribution in [3.8, 4) is 0 Å². The standard InChI is InChI=1S/C7H8Cl2N2O2/c8-3-1-6(12)10-5-11-7(13)2-4-9/h1-4H,5H2,(H,10,12)(H,11,13). The zero-order chi connectivity index (χ0) is 10.1. The van der Waals surface area contributed by atoms with Gasteiger partial charge in [0, 0.05) is 23.2 Å². The molecule has 0 rings (SSSR count). The fourth-order valence-corrected chi connectivity index (χ4v) is 0.680. The molecule has 0 saturated carbocycles. The smallest absolute Gasteiger partial charge is 0.246 e. The quantitative estimate of drug-likeness (QED) is 0.543. The second kappa shape index (κ2) is 7.64. The first-order valence-corrected chi connectivity index (χ1v) is 4.17. The molecule has 0 saturated heterocycles. The van der Waals surface area contributed by atoms with Crippen molar-refractivity contribution in [3.63, 3.8) is 0 Å². The summed E-state index contributed by atoms with van der Waals surface area (Å²) in [4.78, 5) is 21.4. The fraction of sp³-hybridized carbons (Fsp3) is 0.143. The zero-order valence-electron chi connectivity index (χ0n) is 6.59. The van der Waals surface area contributed by atoms with E-state index in [0.29, 0.717) is 0 Å². The van der Waals surface area contributed by atoms with Gasteiger partial charge in [-0.3, -0.25) is 9.59 Å². The highest BCUT2D eigenvalue weighted by atomic mass is 35.5.